The van der Waals surface area contributed by atoms with Gasteiger partial charge in [-0.1, -0.05) is 36.4 Å². The van der Waals surface area contributed by atoms with Crippen molar-refractivity contribution in [2.75, 3.05) is 0 Å². The number of hydrogen-bond acceptors (Lipinski definition) is 5. The molecule has 7 rings (SSSR count). The zero-order valence-electron chi connectivity index (χ0n) is 16.7. The van der Waals surface area contributed by atoms with Crippen molar-refractivity contribution in [1.82, 2.24) is 4.98 Å². The van der Waals surface area contributed by atoms with Crippen LogP contribution in [0.15, 0.2) is 97.9 Å². The van der Waals surface area contributed by atoms with Crippen LogP contribution in [0.3, 0.4) is 0 Å². The molecule has 0 aliphatic heterocycles. The molecule has 0 saturated carbocycles. The van der Waals surface area contributed by atoms with Crippen LogP contribution in [0.25, 0.3) is 54.8 Å². The van der Waals surface area contributed by atoms with Crippen LogP contribution in [0.4, 0.5) is 11.4 Å². The van der Waals surface area contributed by atoms with E-state index in [0.29, 0.717) is 22.3 Å². The summed E-state index contributed by atoms with van der Waals surface area (Å²) >= 11 is 0. The number of rotatable bonds is 2. The van der Waals surface area contributed by atoms with Crippen LogP contribution in [0.2, 0.25) is 0 Å². The van der Waals surface area contributed by atoms with Crippen molar-refractivity contribution in [2.45, 2.75) is 0 Å². The number of para-hydroxylation sites is 2. The molecular formula is C26H15N3O3. The molecule has 0 saturated heterocycles. The predicted octanol–water partition coefficient (Wildman–Crippen LogP) is 8.09. The molecule has 2 N–H and O–H groups in total. The molecule has 0 aliphatic rings. The van der Waals surface area contributed by atoms with Gasteiger partial charge in [0, 0.05) is 27.6 Å². The Bertz CT molecular complexity index is 1850. The van der Waals surface area contributed by atoms with E-state index >= 15 is 0 Å². The molecule has 0 atom stereocenters. The van der Waals surface area contributed by atoms with Crippen molar-refractivity contribution in [3.05, 3.63) is 78.9 Å². The highest BCUT2D eigenvalue weighted by molar-refractivity contribution is 6.18. The Morgan fingerprint density at radius 3 is 2.19 bits per heavy atom. The Morgan fingerprint density at radius 1 is 0.656 bits per heavy atom. The number of aromatic hydroxyl groups is 1. The number of azo groups is 1. The first-order valence-electron chi connectivity index (χ1n) is 10.2. The monoisotopic (exact) mass is 417 g/mol. The summed E-state index contributed by atoms with van der Waals surface area (Å²) in [5.41, 5.74) is 4.73. The molecule has 4 aromatic carbocycles. The standard InChI is InChI=1S/C26H15N3O3/c30-26-24(23-19(27-26)12-11-18-16-6-2-4-8-21(16)32-25(18)23)29-28-14-9-10-17-15-5-1-3-7-20(15)31-22(17)13-14/h1-13,27,30H. The van der Waals surface area contributed by atoms with Crippen molar-refractivity contribution < 1.29 is 13.9 Å². The smallest absolute Gasteiger partial charge is 0.218 e. The Labute approximate surface area is 180 Å². The molecule has 0 fully saturated rings. The van der Waals surface area contributed by atoms with Gasteiger partial charge in [0.15, 0.2) is 5.69 Å². The highest BCUT2D eigenvalue weighted by atomic mass is 16.3. The van der Waals surface area contributed by atoms with E-state index in [2.05, 4.69) is 15.2 Å². The number of aromatic amines is 1. The third-order valence-corrected chi connectivity index (χ3v) is 5.89. The fourth-order valence-electron chi connectivity index (χ4n) is 4.42. The van der Waals surface area contributed by atoms with E-state index in [1.165, 1.54) is 0 Å². The predicted molar refractivity (Wildman–Crippen MR) is 125 cm³/mol. The van der Waals surface area contributed by atoms with Crippen molar-refractivity contribution in [3.8, 4) is 5.88 Å². The maximum Gasteiger partial charge on any atom is 0.218 e. The third-order valence-electron chi connectivity index (χ3n) is 5.89. The van der Waals surface area contributed by atoms with Gasteiger partial charge < -0.3 is 18.9 Å². The molecule has 152 valence electrons. The average molecular weight is 417 g/mol. The van der Waals surface area contributed by atoms with Crippen LogP contribution in [-0.2, 0) is 0 Å². The van der Waals surface area contributed by atoms with E-state index < -0.39 is 0 Å². The maximum absolute atomic E-state index is 10.5. The van der Waals surface area contributed by atoms with Gasteiger partial charge in [0.25, 0.3) is 0 Å². The molecule has 32 heavy (non-hydrogen) atoms. The van der Waals surface area contributed by atoms with Gasteiger partial charge in [0.2, 0.25) is 5.88 Å². The Morgan fingerprint density at radius 2 is 1.34 bits per heavy atom. The summed E-state index contributed by atoms with van der Waals surface area (Å²) in [6.45, 7) is 0. The minimum Gasteiger partial charge on any atom is -0.493 e. The Kier molecular flexibility index (Phi) is 3.33. The number of H-pyrrole nitrogens is 1. The van der Waals surface area contributed by atoms with Crippen LogP contribution < -0.4 is 0 Å². The van der Waals surface area contributed by atoms with Crippen LogP contribution in [0.5, 0.6) is 5.88 Å². The van der Waals surface area contributed by atoms with E-state index in [-0.39, 0.29) is 5.88 Å². The number of aromatic nitrogens is 1. The van der Waals surface area contributed by atoms with Crippen molar-refractivity contribution in [2.24, 2.45) is 10.2 Å². The Balaban J connectivity index is 1.40. The lowest BCUT2D eigenvalue weighted by atomic mass is 10.1. The molecule has 0 spiro atoms. The number of nitrogens with zero attached hydrogens (tertiary/aromatic N) is 2. The number of nitrogens with one attached hydrogen (secondary N) is 1. The summed E-state index contributed by atoms with van der Waals surface area (Å²) < 4.78 is 12.1. The molecule has 6 heteroatoms. The fraction of sp³-hybridized carbons (Fsp3) is 0. The number of hydrogen-bond donors (Lipinski definition) is 2. The van der Waals surface area contributed by atoms with E-state index in [9.17, 15) is 5.11 Å². The Hall–Kier alpha value is -4.58. The fourth-order valence-corrected chi connectivity index (χ4v) is 4.42. The summed E-state index contributed by atoms with van der Waals surface area (Å²) in [6.07, 6.45) is 0. The minimum atomic E-state index is -0.0541. The maximum atomic E-state index is 10.5. The first-order valence-corrected chi connectivity index (χ1v) is 10.2. The summed E-state index contributed by atoms with van der Waals surface area (Å²) in [5.74, 6) is -0.0541. The highest BCUT2D eigenvalue weighted by Crippen LogP contribution is 2.43. The molecule has 0 bridgehead atoms. The summed E-state index contributed by atoms with van der Waals surface area (Å²) in [6, 6.07) is 25.4. The summed E-state index contributed by atoms with van der Waals surface area (Å²) in [5, 5.41) is 24.1. The number of furan rings is 2. The van der Waals surface area contributed by atoms with Gasteiger partial charge in [-0.15, -0.1) is 5.11 Å². The van der Waals surface area contributed by atoms with Gasteiger partial charge in [0.1, 0.15) is 22.3 Å². The molecule has 7 aromatic rings. The summed E-state index contributed by atoms with van der Waals surface area (Å²) in [4.78, 5) is 2.97. The number of benzene rings is 4. The lowest BCUT2D eigenvalue weighted by Crippen LogP contribution is -1.70. The first kappa shape index (κ1) is 17.1. The van der Waals surface area contributed by atoms with E-state index in [1.54, 1.807) is 0 Å². The van der Waals surface area contributed by atoms with Crippen LogP contribution in [0, 0.1) is 0 Å². The normalized spacial score (nSPS) is 12.4. The van der Waals surface area contributed by atoms with Crippen molar-refractivity contribution >= 4 is 66.2 Å². The summed E-state index contributed by atoms with van der Waals surface area (Å²) in [7, 11) is 0. The molecule has 0 aliphatic carbocycles. The first-order chi connectivity index (χ1) is 15.8. The topological polar surface area (TPSA) is 87.0 Å². The molecular weight excluding hydrogens is 402 g/mol. The zero-order chi connectivity index (χ0) is 21.2. The molecule has 0 radical (unpaired) electrons. The van der Waals surface area contributed by atoms with E-state index in [0.717, 1.165) is 43.8 Å². The second-order valence-corrected chi connectivity index (χ2v) is 7.76. The lowest BCUT2D eigenvalue weighted by molar-refractivity contribution is 0.459. The van der Waals surface area contributed by atoms with Gasteiger partial charge in [-0.25, -0.2) is 0 Å². The van der Waals surface area contributed by atoms with E-state index in [4.69, 9.17) is 8.83 Å². The molecule has 0 amide bonds. The quantitative estimate of drug-likeness (QED) is 0.279. The van der Waals surface area contributed by atoms with Gasteiger partial charge in [-0.05, 0) is 36.4 Å². The zero-order valence-corrected chi connectivity index (χ0v) is 16.7. The van der Waals surface area contributed by atoms with Crippen molar-refractivity contribution in [1.29, 1.82) is 0 Å². The highest BCUT2D eigenvalue weighted by Gasteiger charge is 2.18. The second kappa shape index (κ2) is 6.21. The largest absolute Gasteiger partial charge is 0.493 e. The van der Waals surface area contributed by atoms with Gasteiger partial charge >= 0.3 is 0 Å². The molecule has 3 aromatic heterocycles. The van der Waals surface area contributed by atoms with Crippen LogP contribution in [-0.4, -0.2) is 10.1 Å². The second-order valence-electron chi connectivity index (χ2n) is 7.76. The third kappa shape index (κ3) is 2.34. The molecule has 3 heterocycles. The molecule has 6 nitrogen and oxygen atoms in total. The van der Waals surface area contributed by atoms with Gasteiger partial charge in [-0.3, -0.25) is 0 Å². The average Bonchev–Trinajstić information content (AvgIpc) is 3.47. The number of fused-ring (bicyclic) bond motifs is 8. The van der Waals surface area contributed by atoms with Crippen LogP contribution >= 0.6 is 0 Å². The SMILES string of the molecule is Oc1[nH]c2ccc3c4ccccc4oc3c2c1N=Nc1ccc2c(c1)oc1ccccc12. The lowest BCUT2D eigenvalue weighted by Gasteiger charge is -1.95. The van der Waals surface area contributed by atoms with Crippen molar-refractivity contribution in [3.63, 3.8) is 0 Å². The molecule has 0 unspecified atom stereocenters. The van der Waals surface area contributed by atoms with Crippen LogP contribution in [0.1, 0.15) is 0 Å². The van der Waals surface area contributed by atoms with E-state index in [1.807, 2.05) is 78.9 Å². The van der Waals surface area contributed by atoms with Gasteiger partial charge in [0.05, 0.1) is 16.6 Å². The minimum absolute atomic E-state index is 0.0541. The van der Waals surface area contributed by atoms with Gasteiger partial charge in [-0.2, -0.15) is 5.11 Å².